The van der Waals surface area contributed by atoms with Gasteiger partial charge in [0.25, 0.3) is 0 Å². The van der Waals surface area contributed by atoms with Crippen molar-refractivity contribution < 1.29 is 9.48 Å². The first-order chi connectivity index (χ1) is 7.18. The first kappa shape index (κ1) is 11.6. The van der Waals surface area contributed by atoms with Gasteiger partial charge in [0.05, 0.1) is 6.54 Å². The van der Waals surface area contributed by atoms with Gasteiger partial charge in [-0.1, -0.05) is 13.8 Å². The van der Waals surface area contributed by atoms with E-state index >= 15 is 0 Å². The molecule has 15 heavy (non-hydrogen) atoms. The predicted molar refractivity (Wildman–Crippen MR) is 59.7 cm³/mol. The van der Waals surface area contributed by atoms with Gasteiger partial charge in [0, 0.05) is 13.5 Å². The molecule has 0 fully saturated rings. The number of carbonyl (C=O) groups is 1. The van der Waals surface area contributed by atoms with E-state index in [2.05, 4.69) is 15.3 Å². The molecular weight excluding hydrogens is 192 g/mol. The van der Waals surface area contributed by atoms with Crippen LogP contribution in [-0.2, 0) is 18.4 Å². The van der Waals surface area contributed by atoms with Crippen molar-refractivity contribution in [2.45, 2.75) is 27.3 Å². The number of nitrogens with zero attached hydrogens (tertiary/aromatic N) is 2. The maximum Gasteiger partial charge on any atom is 0.221 e. The lowest BCUT2D eigenvalue weighted by molar-refractivity contribution is -0.751. The van der Waals surface area contributed by atoms with Crippen LogP contribution < -0.4 is 15.3 Å². The summed E-state index contributed by atoms with van der Waals surface area (Å²) in [5, 5.41) is 6.01. The van der Waals surface area contributed by atoms with Gasteiger partial charge in [-0.25, -0.2) is 0 Å². The van der Waals surface area contributed by atoms with Gasteiger partial charge in [-0.15, -0.1) is 9.36 Å². The number of hydrogen-bond donors (Lipinski definition) is 2. The lowest BCUT2D eigenvalue weighted by Crippen LogP contribution is -2.37. The molecule has 1 aliphatic rings. The van der Waals surface area contributed by atoms with Gasteiger partial charge in [-0.05, 0) is 0 Å². The second-order valence-corrected chi connectivity index (χ2v) is 3.20. The van der Waals surface area contributed by atoms with E-state index in [1.54, 1.807) is 0 Å². The van der Waals surface area contributed by atoms with Crippen molar-refractivity contribution in [2.24, 2.45) is 7.05 Å². The van der Waals surface area contributed by atoms with E-state index in [4.69, 9.17) is 0 Å². The Labute approximate surface area is 90.1 Å². The third kappa shape index (κ3) is 2.29. The highest BCUT2D eigenvalue weighted by atomic mass is 16.1. The van der Waals surface area contributed by atoms with Crippen LogP contribution in [0.1, 0.15) is 20.8 Å². The molecule has 2 rings (SSSR count). The van der Waals surface area contributed by atoms with Gasteiger partial charge in [0.1, 0.15) is 0 Å². The number of anilines is 2. The van der Waals surface area contributed by atoms with Gasteiger partial charge < -0.3 is 10.6 Å². The second kappa shape index (κ2) is 4.82. The monoisotopic (exact) mass is 211 g/mol. The Morgan fingerprint density at radius 2 is 2.27 bits per heavy atom. The average molecular weight is 211 g/mol. The normalized spacial score (nSPS) is 12.3. The summed E-state index contributed by atoms with van der Waals surface area (Å²) in [5.41, 5.74) is 0.854. The highest BCUT2D eigenvalue weighted by Gasteiger charge is 2.23. The number of aromatic nitrogens is 2. The topological polar surface area (TPSA) is 49.9 Å². The van der Waals surface area contributed by atoms with Crippen molar-refractivity contribution >= 4 is 17.4 Å². The highest BCUT2D eigenvalue weighted by Crippen LogP contribution is 2.22. The summed E-state index contributed by atoms with van der Waals surface area (Å²) in [7, 11) is 1.96. The van der Waals surface area contributed by atoms with E-state index in [1.165, 1.54) is 6.92 Å². The lowest BCUT2D eigenvalue weighted by Gasteiger charge is -1.97. The maximum absolute atomic E-state index is 10.9. The van der Waals surface area contributed by atoms with E-state index in [0.717, 1.165) is 24.6 Å². The number of hydrogen-bond acceptors (Lipinski definition) is 2. The zero-order chi connectivity index (χ0) is 11.4. The van der Waals surface area contributed by atoms with Crippen molar-refractivity contribution in [3.05, 3.63) is 6.20 Å². The van der Waals surface area contributed by atoms with Crippen LogP contribution in [0.4, 0.5) is 11.5 Å². The van der Waals surface area contributed by atoms with Crippen molar-refractivity contribution in [2.75, 3.05) is 17.2 Å². The first-order valence-corrected chi connectivity index (χ1v) is 5.29. The molecule has 0 saturated carbocycles. The summed E-state index contributed by atoms with van der Waals surface area (Å²) < 4.78 is 4.06. The van der Waals surface area contributed by atoms with Gasteiger partial charge in [-0.3, -0.25) is 4.79 Å². The fourth-order valence-electron chi connectivity index (χ4n) is 1.63. The second-order valence-electron chi connectivity index (χ2n) is 3.20. The molecule has 1 aromatic heterocycles. The zero-order valence-electron chi connectivity index (χ0n) is 9.79. The smallest absolute Gasteiger partial charge is 0.221 e. The molecular formula is C10H19N4O+. The maximum atomic E-state index is 10.9. The molecule has 5 heteroatoms. The minimum absolute atomic E-state index is 0.0392. The molecule has 0 spiro atoms. The van der Waals surface area contributed by atoms with E-state index in [9.17, 15) is 4.79 Å². The number of rotatable bonds is 1. The summed E-state index contributed by atoms with van der Waals surface area (Å²) in [6.45, 7) is 7.39. The Morgan fingerprint density at radius 1 is 1.60 bits per heavy atom. The molecule has 84 valence electrons. The molecule has 0 aromatic carbocycles. The Hall–Kier alpha value is -1.52. The molecule has 1 amide bonds. The Morgan fingerprint density at radius 3 is 2.87 bits per heavy atom. The molecule has 1 aliphatic heterocycles. The number of nitrogens with one attached hydrogen (secondary N) is 2. The van der Waals surface area contributed by atoms with Gasteiger partial charge in [0.15, 0.2) is 18.6 Å². The molecule has 1 aromatic rings. The zero-order valence-corrected chi connectivity index (χ0v) is 9.79. The molecule has 5 nitrogen and oxygen atoms in total. The predicted octanol–water partition coefficient (Wildman–Crippen LogP) is 0.723. The van der Waals surface area contributed by atoms with Crippen LogP contribution in [0.15, 0.2) is 6.20 Å². The third-order valence-corrected chi connectivity index (χ3v) is 2.14. The van der Waals surface area contributed by atoms with Crippen LogP contribution in [0.2, 0.25) is 0 Å². The molecule has 0 aliphatic carbocycles. The standard InChI is InChI=1S/C8H12N4O.C2H6/c1-6(13)10-7-5-11(2)12-4-3-9-8(7)12;1-2/h5H,3-4H2,1-2H3,(H,10,13);1-2H3/p+1. The van der Waals surface area contributed by atoms with Gasteiger partial charge in [-0.2, -0.15) is 0 Å². The van der Waals surface area contributed by atoms with Crippen LogP contribution in [0.25, 0.3) is 0 Å². The summed E-state index contributed by atoms with van der Waals surface area (Å²) in [4.78, 5) is 10.9. The quantitative estimate of drug-likeness (QED) is 0.673. The number of aryl methyl sites for hydroxylation is 1. The fraction of sp³-hybridized carbons (Fsp3) is 0.600. The number of carbonyl (C=O) groups excluding carboxylic acids is 1. The van der Waals surface area contributed by atoms with Gasteiger partial charge >= 0.3 is 0 Å². The summed E-state index contributed by atoms with van der Waals surface area (Å²) >= 11 is 0. The van der Waals surface area contributed by atoms with Crippen molar-refractivity contribution in [3.63, 3.8) is 0 Å². The van der Waals surface area contributed by atoms with Crippen LogP contribution >= 0.6 is 0 Å². The fourth-order valence-corrected chi connectivity index (χ4v) is 1.63. The van der Waals surface area contributed by atoms with Crippen molar-refractivity contribution in [1.29, 1.82) is 0 Å². The number of fused-ring (bicyclic) bond motifs is 1. The molecule has 0 saturated heterocycles. The summed E-state index contributed by atoms with van der Waals surface area (Å²) in [6, 6.07) is 0. The molecule has 0 atom stereocenters. The Bertz CT molecular complexity index is 357. The summed E-state index contributed by atoms with van der Waals surface area (Å²) in [6.07, 6.45) is 1.91. The van der Waals surface area contributed by atoms with Crippen LogP contribution in [0, 0.1) is 0 Å². The van der Waals surface area contributed by atoms with Crippen LogP contribution in [-0.4, -0.2) is 17.1 Å². The lowest BCUT2D eigenvalue weighted by atomic mass is 10.5. The average Bonchev–Trinajstić information content (AvgIpc) is 2.75. The van der Waals surface area contributed by atoms with Crippen LogP contribution in [0.3, 0.4) is 0 Å². The van der Waals surface area contributed by atoms with Crippen molar-refractivity contribution in [1.82, 2.24) is 4.68 Å². The van der Waals surface area contributed by atoms with Crippen molar-refractivity contribution in [3.8, 4) is 0 Å². The Balaban J connectivity index is 0.000000531. The largest absolute Gasteiger partial charge is 0.363 e. The SMILES string of the molecule is CC.CC(=O)Nc1c[n+](C)n2c1NCC2. The van der Waals surface area contributed by atoms with E-state index < -0.39 is 0 Å². The third-order valence-electron chi connectivity index (χ3n) is 2.14. The molecule has 0 bridgehead atoms. The van der Waals surface area contributed by atoms with Gasteiger partial charge in [0.2, 0.25) is 12.1 Å². The molecule has 0 unspecified atom stereocenters. The number of amides is 1. The minimum atomic E-state index is -0.0392. The molecule has 0 radical (unpaired) electrons. The minimum Gasteiger partial charge on any atom is -0.363 e. The Kier molecular flexibility index (Phi) is 3.71. The first-order valence-electron chi connectivity index (χ1n) is 5.29. The van der Waals surface area contributed by atoms with E-state index in [0.29, 0.717) is 0 Å². The highest BCUT2D eigenvalue weighted by molar-refractivity contribution is 5.91. The molecule has 2 heterocycles. The van der Waals surface area contributed by atoms with E-state index in [-0.39, 0.29) is 5.91 Å². The van der Waals surface area contributed by atoms with Crippen LogP contribution in [0.5, 0.6) is 0 Å². The summed E-state index contributed by atoms with van der Waals surface area (Å²) in [5.74, 6) is 0.959. The van der Waals surface area contributed by atoms with E-state index in [1.807, 2.05) is 31.8 Å². The molecule has 2 N–H and O–H groups in total.